The molecule has 166 valence electrons. The molecule has 0 radical (unpaired) electrons. The summed E-state index contributed by atoms with van der Waals surface area (Å²) in [5.74, 6) is -2.64. The van der Waals surface area contributed by atoms with Crippen molar-refractivity contribution in [2.45, 2.75) is 39.0 Å². The maximum Gasteiger partial charge on any atom is 0.573 e. The van der Waals surface area contributed by atoms with Gasteiger partial charge in [-0.05, 0) is 64.8 Å². The molecule has 4 rings (SSSR count). The van der Waals surface area contributed by atoms with Crippen molar-refractivity contribution < 1.29 is 26.7 Å². The van der Waals surface area contributed by atoms with Gasteiger partial charge < -0.3 is 4.74 Å². The Kier molecular flexibility index (Phi) is 6.04. The lowest BCUT2D eigenvalue weighted by molar-refractivity contribution is -0.275. The van der Waals surface area contributed by atoms with Gasteiger partial charge in [0, 0.05) is 5.56 Å². The minimum atomic E-state index is -5.00. The SMILES string of the molecule is CCCc1ccc(C2=CCc3c(ccc(-c4ccc(OC(F)(F)F)c(F)c4)c3F)C2)cc1. The fraction of sp³-hybridized carbons (Fsp3) is 0.231. The second-order valence-electron chi connectivity index (χ2n) is 7.81. The van der Waals surface area contributed by atoms with E-state index < -0.39 is 23.7 Å². The van der Waals surface area contributed by atoms with Crippen LogP contribution in [0.4, 0.5) is 22.0 Å². The summed E-state index contributed by atoms with van der Waals surface area (Å²) in [5.41, 5.74) is 5.15. The molecule has 3 aromatic rings. The van der Waals surface area contributed by atoms with Gasteiger partial charge >= 0.3 is 6.36 Å². The third kappa shape index (κ3) is 4.69. The van der Waals surface area contributed by atoms with E-state index in [1.54, 1.807) is 12.1 Å². The molecule has 32 heavy (non-hydrogen) atoms. The average molecular weight is 444 g/mol. The lowest BCUT2D eigenvalue weighted by Crippen LogP contribution is -2.17. The van der Waals surface area contributed by atoms with Crippen molar-refractivity contribution in [2.75, 3.05) is 0 Å². The zero-order valence-corrected chi connectivity index (χ0v) is 17.4. The Morgan fingerprint density at radius 1 is 0.906 bits per heavy atom. The van der Waals surface area contributed by atoms with Crippen LogP contribution in [-0.2, 0) is 19.3 Å². The highest BCUT2D eigenvalue weighted by Crippen LogP contribution is 2.35. The number of rotatable bonds is 5. The summed E-state index contributed by atoms with van der Waals surface area (Å²) in [6.07, 6.45) is 0.0644. The molecule has 0 N–H and O–H groups in total. The highest BCUT2D eigenvalue weighted by molar-refractivity contribution is 5.73. The van der Waals surface area contributed by atoms with Crippen molar-refractivity contribution in [1.82, 2.24) is 0 Å². The second-order valence-corrected chi connectivity index (χ2v) is 7.81. The molecule has 0 aliphatic heterocycles. The normalized spacial score (nSPS) is 13.5. The van der Waals surface area contributed by atoms with Crippen LogP contribution in [0.25, 0.3) is 16.7 Å². The van der Waals surface area contributed by atoms with Crippen molar-refractivity contribution >= 4 is 5.57 Å². The molecule has 6 heteroatoms. The third-order valence-electron chi connectivity index (χ3n) is 5.61. The summed E-state index contributed by atoms with van der Waals surface area (Å²) in [5, 5.41) is 0. The number of halogens is 5. The van der Waals surface area contributed by atoms with Crippen LogP contribution >= 0.6 is 0 Å². The Morgan fingerprint density at radius 2 is 1.62 bits per heavy atom. The van der Waals surface area contributed by atoms with Crippen LogP contribution < -0.4 is 4.74 Å². The lowest BCUT2D eigenvalue weighted by atomic mass is 9.85. The van der Waals surface area contributed by atoms with Crippen LogP contribution in [0.1, 0.15) is 35.6 Å². The summed E-state index contributed by atoms with van der Waals surface area (Å²) >= 11 is 0. The maximum atomic E-state index is 15.2. The summed E-state index contributed by atoms with van der Waals surface area (Å²) in [6, 6.07) is 14.7. The monoisotopic (exact) mass is 444 g/mol. The second kappa shape index (κ2) is 8.77. The van der Waals surface area contributed by atoms with Crippen molar-refractivity contribution in [2.24, 2.45) is 0 Å². The van der Waals surface area contributed by atoms with Crippen LogP contribution in [0.15, 0.2) is 60.7 Å². The van der Waals surface area contributed by atoms with E-state index >= 15 is 4.39 Å². The summed E-state index contributed by atoms with van der Waals surface area (Å²) < 4.78 is 70.0. The molecular formula is C26H21F5O. The predicted octanol–water partition coefficient (Wildman–Crippen LogP) is 7.67. The van der Waals surface area contributed by atoms with Crippen molar-refractivity contribution in [3.8, 4) is 16.9 Å². The number of hydrogen-bond acceptors (Lipinski definition) is 1. The molecule has 0 saturated heterocycles. The molecule has 0 unspecified atom stereocenters. The lowest BCUT2D eigenvalue weighted by Gasteiger charge is -2.20. The Balaban J connectivity index is 1.59. The average Bonchev–Trinajstić information content (AvgIpc) is 2.75. The van der Waals surface area contributed by atoms with Gasteiger partial charge in [0.1, 0.15) is 5.82 Å². The number of benzene rings is 3. The van der Waals surface area contributed by atoms with Gasteiger partial charge in [0.15, 0.2) is 11.6 Å². The molecule has 0 heterocycles. The van der Waals surface area contributed by atoms with Gasteiger partial charge in [0.2, 0.25) is 0 Å². The highest BCUT2D eigenvalue weighted by Gasteiger charge is 2.32. The van der Waals surface area contributed by atoms with E-state index in [1.165, 1.54) is 11.6 Å². The van der Waals surface area contributed by atoms with Gasteiger partial charge in [0.05, 0.1) is 0 Å². The van der Waals surface area contributed by atoms with Crippen LogP contribution in [0, 0.1) is 11.6 Å². The number of alkyl halides is 3. The minimum Gasteiger partial charge on any atom is -0.403 e. The molecule has 1 aliphatic rings. The van der Waals surface area contributed by atoms with Crippen molar-refractivity contribution in [1.29, 1.82) is 0 Å². The first kappa shape index (κ1) is 22.1. The van der Waals surface area contributed by atoms with E-state index in [9.17, 15) is 17.6 Å². The molecule has 0 amide bonds. The Bertz CT molecular complexity index is 1160. The summed E-state index contributed by atoms with van der Waals surface area (Å²) in [6.45, 7) is 2.14. The van der Waals surface area contributed by atoms with E-state index in [4.69, 9.17) is 0 Å². The van der Waals surface area contributed by atoms with E-state index in [0.717, 1.165) is 41.7 Å². The van der Waals surface area contributed by atoms with E-state index in [-0.39, 0.29) is 11.1 Å². The smallest absolute Gasteiger partial charge is 0.403 e. The molecule has 0 bridgehead atoms. The molecule has 0 saturated carbocycles. The molecular weight excluding hydrogens is 423 g/mol. The van der Waals surface area contributed by atoms with Crippen LogP contribution in [0.2, 0.25) is 0 Å². The molecule has 0 fully saturated rings. The highest BCUT2D eigenvalue weighted by atomic mass is 19.4. The molecule has 1 nitrogen and oxygen atoms in total. The van der Waals surface area contributed by atoms with Gasteiger partial charge in [0.25, 0.3) is 0 Å². The molecule has 0 aromatic heterocycles. The first-order valence-electron chi connectivity index (χ1n) is 10.4. The van der Waals surface area contributed by atoms with Gasteiger partial charge in [-0.25, -0.2) is 8.78 Å². The van der Waals surface area contributed by atoms with E-state index in [2.05, 4.69) is 35.9 Å². The van der Waals surface area contributed by atoms with Crippen LogP contribution in [0.5, 0.6) is 5.75 Å². The zero-order chi connectivity index (χ0) is 22.9. The molecule has 0 spiro atoms. The molecule has 3 aromatic carbocycles. The minimum absolute atomic E-state index is 0.141. The van der Waals surface area contributed by atoms with E-state index in [1.807, 2.05) is 6.08 Å². The number of fused-ring (bicyclic) bond motifs is 1. The quantitative estimate of drug-likeness (QED) is 0.367. The first-order valence-corrected chi connectivity index (χ1v) is 10.4. The number of aryl methyl sites for hydroxylation is 1. The number of hydrogen-bond donors (Lipinski definition) is 0. The standard InChI is InChI=1S/C26H21F5O/c1-2-3-16-4-6-17(7-5-16)18-8-11-21-19(14-18)9-12-22(25(21)28)20-10-13-24(23(27)15-20)32-26(29,30)31/h4-10,12-13,15H,2-3,11,14H2,1H3. The fourth-order valence-electron chi connectivity index (χ4n) is 4.04. The third-order valence-corrected chi connectivity index (χ3v) is 5.61. The van der Waals surface area contributed by atoms with Gasteiger partial charge in [-0.2, -0.15) is 0 Å². The van der Waals surface area contributed by atoms with E-state index in [0.29, 0.717) is 18.4 Å². The largest absolute Gasteiger partial charge is 0.573 e. The summed E-state index contributed by atoms with van der Waals surface area (Å²) in [7, 11) is 0. The number of ether oxygens (including phenoxy) is 1. The van der Waals surface area contributed by atoms with Gasteiger partial charge in [-0.3, -0.25) is 0 Å². The van der Waals surface area contributed by atoms with Gasteiger partial charge in [-0.15, -0.1) is 13.2 Å². The van der Waals surface area contributed by atoms with Crippen LogP contribution in [0.3, 0.4) is 0 Å². The van der Waals surface area contributed by atoms with Crippen LogP contribution in [-0.4, -0.2) is 6.36 Å². The fourth-order valence-corrected chi connectivity index (χ4v) is 4.04. The number of allylic oxidation sites excluding steroid dienone is 2. The molecule has 0 atom stereocenters. The summed E-state index contributed by atoms with van der Waals surface area (Å²) in [4.78, 5) is 0. The Labute approximate surface area is 183 Å². The van der Waals surface area contributed by atoms with Crippen molar-refractivity contribution in [3.63, 3.8) is 0 Å². The van der Waals surface area contributed by atoms with Gasteiger partial charge in [-0.1, -0.05) is 61.9 Å². The van der Waals surface area contributed by atoms with Crippen molar-refractivity contribution in [3.05, 3.63) is 94.6 Å². The predicted molar refractivity (Wildman–Crippen MR) is 114 cm³/mol. The first-order chi connectivity index (χ1) is 15.2. The Morgan fingerprint density at radius 3 is 2.28 bits per heavy atom. The topological polar surface area (TPSA) is 9.23 Å². The Hall–Kier alpha value is -3.15. The molecule has 1 aliphatic carbocycles. The zero-order valence-electron chi connectivity index (χ0n) is 17.4. The maximum absolute atomic E-state index is 15.2.